The Labute approximate surface area is 139 Å². The number of benzene rings is 2. The summed E-state index contributed by atoms with van der Waals surface area (Å²) in [6.07, 6.45) is 0. The number of carbonyl (C=O) groups excluding carboxylic acids is 3. The van der Waals surface area contributed by atoms with Gasteiger partial charge in [-0.2, -0.15) is 0 Å². The number of hydrogen-bond donors (Lipinski definition) is 1. The van der Waals surface area contributed by atoms with Gasteiger partial charge in [-0.1, -0.05) is 18.2 Å². The standard InChI is InChI=1S/C18H16N2O4/c1-24-14-9-7-12(8-10-14)19-17(22)16-15(21)11-20(18(16)23)13-5-3-2-4-6-13/h2-10,16H,11H2,1H3,(H,19,22). The van der Waals surface area contributed by atoms with Crippen LogP contribution in [-0.4, -0.2) is 31.3 Å². The highest BCUT2D eigenvalue weighted by atomic mass is 16.5. The summed E-state index contributed by atoms with van der Waals surface area (Å²) in [5.41, 5.74) is 1.11. The second kappa shape index (κ2) is 6.54. The molecule has 0 saturated carbocycles. The van der Waals surface area contributed by atoms with Crippen LogP contribution in [0, 0.1) is 5.92 Å². The van der Waals surface area contributed by atoms with Crippen LogP contribution in [0.15, 0.2) is 54.6 Å². The minimum Gasteiger partial charge on any atom is -0.497 e. The van der Waals surface area contributed by atoms with Crippen LogP contribution >= 0.6 is 0 Å². The fourth-order valence-electron chi connectivity index (χ4n) is 2.59. The van der Waals surface area contributed by atoms with Crippen LogP contribution in [0.4, 0.5) is 11.4 Å². The molecule has 3 rings (SSSR count). The minimum absolute atomic E-state index is 0.0937. The Morgan fingerprint density at radius 1 is 1.08 bits per heavy atom. The molecule has 1 fully saturated rings. The average Bonchev–Trinajstić information content (AvgIpc) is 2.91. The lowest BCUT2D eigenvalue weighted by Gasteiger charge is -2.15. The summed E-state index contributed by atoms with van der Waals surface area (Å²) in [5, 5.41) is 2.61. The van der Waals surface area contributed by atoms with Crippen molar-refractivity contribution in [2.75, 3.05) is 23.9 Å². The van der Waals surface area contributed by atoms with Crippen molar-refractivity contribution in [3.8, 4) is 5.75 Å². The number of nitrogens with zero attached hydrogens (tertiary/aromatic N) is 1. The minimum atomic E-state index is -1.31. The van der Waals surface area contributed by atoms with Gasteiger partial charge in [0.25, 0.3) is 0 Å². The summed E-state index contributed by atoms with van der Waals surface area (Å²) in [6, 6.07) is 15.5. The van der Waals surface area contributed by atoms with Crippen molar-refractivity contribution >= 4 is 29.0 Å². The molecule has 6 nitrogen and oxygen atoms in total. The molecule has 6 heteroatoms. The SMILES string of the molecule is COc1ccc(NC(=O)C2C(=O)CN(c3ccccc3)C2=O)cc1. The van der Waals surface area contributed by atoms with Crippen molar-refractivity contribution < 1.29 is 19.1 Å². The number of amides is 2. The van der Waals surface area contributed by atoms with Crippen molar-refractivity contribution in [1.82, 2.24) is 0 Å². The van der Waals surface area contributed by atoms with Crippen LogP contribution < -0.4 is 15.0 Å². The molecule has 1 N–H and O–H groups in total. The number of hydrogen-bond acceptors (Lipinski definition) is 4. The lowest BCUT2D eigenvalue weighted by Crippen LogP contribution is -2.34. The monoisotopic (exact) mass is 324 g/mol. The van der Waals surface area contributed by atoms with E-state index in [2.05, 4.69) is 5.32 Å². The Balaban J connectivity index is 1.74. The maximum absolute atomic E-state index is 12.5. The predicted octanol–water partition coefficient (Wildman–Crippen LogP) is 1.87. The van der Waals surface area contributed by atoms with Crippen LogP contribution in [0.3, 0.4) is 0 Å². The largest absolute Gasteiger partial charge is 0.497 e. The summed E-state index contributed by atoms with van der Waals surface area (Å²) in [6.45, 7) is -0.0937. The molecule has 0 spiro atoms. The van der Waals surface area contributed by atoms with Gasteiger partial charge >= 0.3 is 0 Å². The second-order valence-corrected chi connectivity index (χ2v) is 5.38. The van der Waals surface area contributed by atoms with Crippen LogP contribution in [0.1, 0.15) is 0 Å². The Bertz CT molecular complexity index is 771. The van der Waals surface area contributed by atoms with Gasteiger partial charge in [0.1, 0.15) is 5.75 Å². The van der Waals surface area contributed by atoms with Crippen molar-refractivity contribution in [2.45, 2.75) is 0 Å². The molecule has 24 heavy (non-hydrogen) atoms. The molecule has 1 unspecified atom stereocenters. The molecule has 122 valence electrons. The number of methoxy groups -OCH3 is 1. The van der Waals surface area contributed by atoms with E-state index >= 15 is 0 Å². The molecule has 1 aliphatic rings. The number of para-hydroxylation sites is 1. The van der Waals surface area contributed by atoms with E-state index in [-0.39, 0.29) is 6.54 Å². The molecule has 0 aromatic heterocycles. The smallest absolute Gasteiger partial charge is 0.247 e. The van der Waals surface area contributed by atoms with Gasteiger partial charge in [-0.25, -0.2) is 0 Å². The summed E-state index contributed by atoms with van der Waals surface area (Å²) < 4.78 is 5.04. The summed E-state index contributed by atoms with van der Waals surface area (Å²) >= 11 is 0. The van der Waals surface area contributed by atoms with Gasteiger partial charge in [0, 0.05) is 11.4 Å². The van der Waals surface area contributed by atoms with Crippen LogP contribution in [0.2, 0.25) is 0 Å². The second-order valence-electron chi connectivity index (χ2n) is 5.38. The maximum Gasteiger partial charge on any atom is 0.247 e. The quantitative estimate of drug-likeness (QED) is 0.871. The first-order valence-corrected chi connectivity index (χ1v) is 7.44. The lowest BCUT2D eigenvalue weighted by atomic mass is 10.1. The summed E-state index contributed by atoms with van der Waals surface area (Å²) in [4.78, 5) is 38.3. The highest BCUT2D eigenvalue weighted by Crippen LogP contribution is 2.24. The lowest BCUT2D eigenvalue weighted by molar-refractivity contribution is -0.134. The third-order valence-corrected chi connectivity index (χ3v) is 3.84. The van der Waals surface area contributed by atoms with Gasteiger partial charge in [0.05, 0.1) is 13.7 Å². The zero-order valence-electron chi connectivity index (χ0n) is 13.1. The number of rotatable bonds is 4. The number of nitrogens with one attached hydrogen (secondary N) is 1. The normalized spacial score (nSPS) is 17.0. The summed E-state index contributed by atoms with van der Waals surface area (Å²) in [7, 11) is 1.54. The van der Waals surface area contributed by atoms with E-state index in [0.29, 0.717) is 17.1 Å². The van der Waals surface area contributed by atoms with Crippen molar-refractivity contribution in [1.29, 1.82) is 0 Å². The van der Waals surface area contributed by atoms with Gasteiger partial charge in [0.2, 0.25) is 11.8 Å². The molecule has 1 aliphatic heterocycles. The van der Waals surface area contributed by atoms with E-state index in [0.717, 1.165) is 0 Å². The number of anilines is 2. The third kappa shape index (κ3) is 2.99. The Hall–Kier alpha value is -3.15. The Morgan fingerprint density at radius 3 is 2.38 bits per heavy atom. The molecule has 2 aromatic rings. The van der Waals surface area contributed by atoms with Crippen LogP contribution in [0.5, 0.6) is 5.75 Å². The van der Waals surface area contributed by atoms with Crippen LogP contribution in [0.25, 0.3) is 0 Å². The van der Waals surface area contributed by atoms with E-state index in [4.69, 9.17) is 4.74 Å². The highest BCUT2D eigenvalue weighted by molar-refractivity contribution is 6.30. The Morgan fingerprint density at radius 2 is 1.75 bits per heavy atom. The van der Waals surface area contributed by atoms with Gasteiger partial charge in [-0.3, -0.25) is 14.4 Å². The first-order valence-electron chi connectivity index (χ1n) is 7.44. The Kier molecular flexibility index (Phi) is 4.29. The number of Topliss-reactive ketones (excluding diaryl/α,β-unsaturated/α-hetero) is 1. The molecular weight excluding hydrogens is 308 g/mol. The number of ether oxygens (including phenoxy) is 1. The van der Waals surface area contributed by atoms with E-state index in [9.17, 15) is 14.4 Å². The van der Waals surface area contributed by atoms with Crippen molar-refractivity contribution in [3.63, 3.8) is 0 Å². The predicted molar refractivity (Wildman–Crippen MR) is 88.9 cm³/mol. The zero-order chi connectivity index (χ0) is 17.1. The molecule has 1 heterocycles. The van der Waals surface area contributed by atoms with Crippen molar-refractivity contribution in [3.05, 3.63) is 54.6 Å². The fourth-order valence-corrected chi connectivity index (χ4v) is 2.59. The van der Waals surface area contributed by atoms with Gasteiger partial charge < -0.3 is 15.0 Å². The number of carbonyl (C=O) groups is 3. The van der Waals surface area contributed by atoms with Gasteiger partial charge in [-0.05, 0) is 36.4 Å². The highest BCUT2D eigenvalue weighted by Gasteiger charge is 2.44. The van der Waals surface area contributed by atoms with Crippen molar-refractivity contribution in [2.24, 2.45) is 5.92 Å². The average molecular weight is 324 g/mol. The van der Waals surface area contributed by atoms with Gasteiger partial charge in [-0.15, -0.1) is 0 Å². The first kappa shape index (κ1) is 15.7. The molecular formula is C18H16N2O4. The third-order valence-electron chi connectivity index (χ3n) is 3.84. The van der Waals surface area contributed by atoms with E-state index in [1.54, 1.807) is 55.6 Å². The molecule has 2 aromatic carbocycles. The summed E-state index contributed by atoms with van der Waals surface area (Å²) in [5.74, 6) is -2.19. The van der Waals surface area contributed by atoms with E-state index in [1.807, 2.05) is 6.07 Å². The molecule has 1 atom stereocenters. The molecule has 0 aliphatic carbocycles. The van der Waals surface area contributed by atoms with Crippen LogP contribution in [-0.2, 0) is 14.4 Å². The fraction of sp³-hybridized carbons (Fsp3) is 0.167. The van der Waals surface area contributed by atoms with Gasteiger partial charge in [0.15, 0.2) is 11.7 Å². The zero-order valence-corrected chi connectivity index (χ0v) is 13.1. The van der Waals surface area contributed by atoms with E-state index < -0.39 is 23.5 Å². The number of ketones is 1. The topological polar surface area (TPSA) is 75.7 Å². The molecule has 0 radical (unpaired) electrons. The first-order chi connectivity index (χ1) is 11.6. The molecule has 0 bridgehead atoms. The van der Waals surface area contributed by atoms with E-state index in [1.165, 1.54) is 4.90 Å². The molecule has 1 saturated heterocycles. The molecule has 2 amide bonds. The maximum atomic E-state index is 12.5.